The van der Waals surface area contributed by atoms with Crippen LogP contribution in [0.5, 0.6) is 0 Å². The first-order valence-electron chi connectivity index (χ1n) is 4.82. The topological polar surface area (TPSA) is 51.9 Å². The molecule has 0 bridgehead atoms. The van der Waals surface area contributed by atoms with E-state index >= 15 is 0 Å². The Morgan fingerprint density at radius 2 is 2.15 bits per heavy atom. The molecule has 0 radical (unpaired) electrons. The van der Waals surface area contributed by atoms with Crippen LogP contribution in [0.4, 0.5) is 0 Å². The summed E-state index contributed by atoms with van der Waals surface area (Å²) in [5.74, 6) is 0. The van der Waals surface area contributed by atoms with Crippen molar-refractivity contribution in [1.29, 1.82) is 0 Å². The number of hydrogen-bond acceptors (Lipinski definition) is 2. The van der Waals surface area contributed by atoms with E-state index < -0.39 is 0 Å². The highest BCUT2D eigenvalue weighted by Gasteiger charge is 2.39. The first-order chi connectivity index (χ1) is 6.27. The summed E-state index contributed by atoms with van der Waals surface area (Å²) in [5.41, 5.74) is 2.10. The van der Waals surface area contributed by atoms with Crippen molar-refractivity contribution in [2.45, 2.75) is 38.4 Å². The fraction of sp³-hybridized carbons (Fsp3) is 0.667. The van der Waals surface area contributed by atoms with Crippen LogP contribution >= 0.6 is 0 Å². The molecule has 13 heavy (non-hydrogen) atoms. The third kappa shape index (κ3) is 0.920. The van der Waals surface area contributed by atoms with E-state index in [0.717, 1.165) is 23.8 Å². The van der Waals surface area contributed by atoms with E-state index in [1.807, 2.05) is 0 Å². The van der Waals surface area contributed by atoms with Gasteiger partial charge in [0.05, 0.1) is 11.3 Å². The molecular weight excluding hydrogens is 166 g/mol. The standard InChI is InChI=1S/C9H13N3O/c1-5-8-7(10-11-9(8)13)4-12(5)6-2-3-6/h5-6H,2-4H2,1H3,(H2,10,11,13). The molecule has 1 unspecified atom stereocenters. The predicted octanol–water partition coefficient (Wildman–Crippen LogP) is 0.742. The molecule has 1 fully saturated rings. The molecule has 1 aromatic heterocycles. The van der Waals surface area contributed by atoms with Crippen molar-refractivity contribution in [2.75, 3.05) is 0 Å². The van der Waals surface area contributed by atoms with Crippen molar-refractivity contribution in [3.8, 4) is 0 Å². The monoisotopic (exact) mass is 179 g/mol. The third-order valence-electron chi connectivity index (χ3n) is 3.17. The maximum Gasteiger partial charge on any atom is 0.268 e. The molecule has 0 saturated heterocycles. The minimum absolute atomic E-state index is 0.0608. The van der Waals surface area contributed by atoms with Gasteiger partial charge in [0.25, 0.3) is 5.56 Å². The number of H-pyrrole nitrogens is 2. The lowest BCUT2D eigenvalue weighted by Gasteiger charge is -2.19. The molecule has 4 heteroatoms. The van der Waals surface area contributed by atoms with Crippen LogP contribution in [0, 0.1) is 0 Å². The van der Waals surface area contributed by atoms with Crippen LogP contribution in [-0.4, -0.2) is 21.1 Å². The van der Waals surface area contributed by atoms with Crippen LogP contribution in [0.15, 0.2) is 4.79 Å². The molecule has 0 spiro atoms. The molecule has 0 aromatic carbocycles. The quantitative estimate of drug-likeness (QED) is 0.668. The fourth-order valence-electron chi connectivity index (χ4n) is 2.31. The zero-order valence-electron chi connectivity index (χ0n) is 7.63. The second-order valence-electron chi connectivity index (χ2n) is 4.05. The van der Waals surface area contributed by atoms with Crippen LogP contribution in [-0.2, 0) is 6.54 Å². The summed E-state index contributed by atoms with van der Waals surface area (Å²) in [6.45, 7) is 3.03. The Morgan fingerprint density at radius 1 is 1.38 bits per heavy atom. The van der Waals surface area contributed by atoms with Gasteiger partial charge >= 0.3 is 0 Å². The van der Waals surface area contributed by atoms with Gasteiger partial charge in [0, 0.05) is 18.6 Å². The maximum atomic E-state index is 11.4. The second kappa shape index (κ2) is 2.26. The van der Waals surface area contributed by atoms with Crippen molar-refractivity contribution in [1.82, 2.24) is 15.1 Å². The van der Waals surface area contributed by atoms with Crippen molar-refractivity contribution < 1.29 is 0 Å². The molecule has 1 aliphatic carbocycles. The summed E-state index contributed by atoms with van der Waals surface area (Å²) < 4.78 is 0. The van der Waals surface area contributed by atoms with Crippen molar-refractivity contribution in [3.05, 3.63) is 21.6 Å². The van der Waals surface area contributed by atoms with Gasteiger partial charge in [-0.2, -0.15) is 0 Å². The highest BCUT2D eigenvalue weighted by Crippen LogP contribution is 2.39. The van der Waals surface area contributed by atoms with E-state index in [1.54, 1.807) is 0 Å². The lowest BCUT2D eigenvalue weighted by Crippen LogP contribution is -2.25. The average Bonchev–Trinajstić information content (AvgIpc) is 2.80. The summed E-state index contributed by atoms with van der Waals surface area (Å²) in [6, 6.07) is 1.03. The average molecular weight is 179 g/mol. The molecular formula is C9H13N3O. The smallest absolute Gasteiger partial charge is 0.268 e. The molecule has 70 valence electrons. The summed E-state index contributed by atoms with van der Waals surface area (Å²) in [4.78, 5) is 13.8. The van der Waals surface area contributed by atoms with E-state index in [4.69, 9.17) is 0 Å². The lowest BCUT2D eigenvalue weighted by molar-refractivity contribution is 0.215. The van der Waals surface area contributed by atoms with E-state index in [9.17, 15) is 4.79 Å². The van der Waals surface area contributed by atoms with Gasteiger partial charge in [0.1, 0.15) is 0 Å². The van der Waals surface area contributed by atoms with Gasteiger partial charge < -0.3 is 5.10 Å². The second-order valence-corrected chi connectivity index (χ2v) is 4.05. The summed E-state index contributed by atoms with van der Waals surface area (Å²) in [5, 5.41) is 5.59. The summed E-state index contributed by atoms with van der Waals surface area (Å²) in [7, 11) is 0. The summed E-state index contributed by atoms with van der Waals surface area (Å²) in [6.07, 6.45) is 2.60. The Hall–Kier alpha value is -1.03. The first kappa shape index (κ1) is 7.38. The van der Waals surface area contributed by atoms with Crippen LogP contribution in [0.1, 0.15) is 37.1 Å². The Labute approximate surface area is 75.9 Å². The first-order valence-corrected chi connectivity index (χ1v) is 4.82. The zero-order chi connectivity index (χ0) is 9.00. The minimum atomic E-state index is 0.0608. The fourth-order valence-corrected chi connectivity index (χ4v) is 2.31. The van der Waals surface area contributed by atoms with Crippen LogP contribution < -0.4 is 5.56 Å². The van der Waals surface area contributed by atoms with Crippen molar-refractivity contribution >= 4 is 0 Å². The van der Waals surface area contributed by atoms with Gasteiger partial charge in [0.2, 0.25) is 0 Å². The van der Waals surface area contributed by atoms with Crippen LogP contribution in [0.3, 0.4) is 0 Å². The normalized spacial score (nSPS) is 27.9. The molecule has 1 atom stereocenters. The highest BCUT2D eigenvalue weighted by molar-refractivity contribution is 5.26. The van der Waals surface area contributed by atoms with E-state index in [-0.39, 0.29) is 5.56 Å². The Bertz CT molecular complexity index is 388. The van der Waals surface area contributed by atoms with Crippen molar-refractivity contribution in [2.24, 2.45) is 0 Å². The molecule has 4 nitrogen and oxygen atoms in total. The molecule has 1 aliphatic heterocycles. The predicted molar refractivity (Wildman–Crippen MR) is 48.4 cm³/mol. The molecule has 1 aromatic rings. The minimum Gasteiger partial charge on any atom is -0.301 e. The maximum absolute atomic E-state index is 11.4. The van der Waals surface area contributed by atoms with Gasteiger partial charge in [-0.3, -0.25) is 14.8 Å². The Kier molecular flexibility index (Phi) is 1.28. The van der Waals surface area contributed by atoms with Crippen LogP contribution in [0.25, 0.3) is 0 Å². The molecule has 2 heterocycles. The highest BCUT2D eigenvalue weighted by atomic mass is 16.1. The molecule has 0 amide bonds. The van der Waals surface area contributed by atoms with Gasteiger partial charge in [-0.15, -0.1) is 0 Å². The largest absolute Gasteiger partial charge is 0.301 e. The number of nitrogens with one attached hydrogen (secondary N) is 2. The van der Waals surface area contributed by atoms with Gasteiger partial charge in [-0.25, -0.2) is 0 Å². The number of nitrogens with zero attached hydrogens (tertiary/aromatic N) is 1. The lowest BCUT2D eigenvalue weighted by atomic mass is 10.2. The number of aromatic amines is 2. The number of fused-ring (bicyclic) bond motifs is 1. The molecule has 1 saturated carbocycles. The zero-order valence-corrected chi connectivity index (χ0v) is 7.63. The van der Waals surface area contributed by atoms with Crippen molar-refractivity contribution in [3.63, 3.8) is 0 Å². The Morgan fingerprint density at radius 3 is 2.77 bits per heavy atom. The van der Waals surface area contributed by atoms with E-state index in [1.165, 1.54) is 12.8 Å². The molecule has 2 aliphatic rings. The Balaban J connectivity index is 2.01. The van der Waals surface area contributed by atoms with Gasteiger partial charge in [0.15, 0.2) is 0 Å². The number of aromatic nitrogens is 2. The third-order valence-corrected chi connectivity index (χ3v) is 3.17. The van der Waals surface area contributed by atoms with Crippen LogP contribution in [0.2, 0.25) is 0 Å². The van der Waals surface area contributed by atoms with E-state index in [0.29, 0.717) is 6.04 Å². The van der Waals surface area contributed by atoms with Gasteiger partial charge in [-0.05, 0) is 19.8 Å². The van der Waals surface area contributed by atoms with E-state index in [2.05, 4.69) is 22.0 Å². The molecule has 2 N–H and O–H groups in total. The number of hydrogen-bond donors (Lipinski definition) is 2. The molecule has 3 rings (SSSR count). The van der Waals surface area contributed by atoms with Gasteiger partial charge in [-0.1, -0.05) is 0 Å². The number of rotatable bonds is 1. The summed E-state index contributed by atoms with van der Waals surface area (Å²) >= 11 is 0. The SMILES string of the molecule is CC1c2c([nH][nH]c2=O)CN1C1CC1.